The maximum Gasteiger partial charge on any atom is 0.237 e. The third-order valence-electron chi connectivity index (χ3n) is 2.45. The van der Waals surface area contributed by atoms with Gasteiger partial charge < -0.3 is 16.0 Å². The average Bonchev–Trinajstić information content (AvgIpc) is 2.31. The Labute approximate surface area is 113 Å². The van der Waals surface area contributed by atoms with Gasteiger partial charge in [0.15, 0.2) is 0 Å². The van der Waals surface area contributed by atoms with Gasteiger partial charge in [-0.1, -0.05) is 0 Å². The Morgan fingerprint density at radius 1 is 1.39 bits per heavy atom. The zero-order valence-electron chi connectivity index (χ0n) is 11.1. The number of carbonyl (C=O) groups is 1. The van der Waals surface area contributed by atoms with Crippen molar-refractivity contribution in [3.63, 3.8) is 0 Å². The molecule has 100 valence electrons. The summed E-state index contributed by atoms with van der Waals surface area (Å²) in [6, 6.07) is 7.17. The van der Waals surface area contributed by atoms with Gasteiger partial charge in [0.1, 0.15) is 0 Å². The highest BCUT2D eigenvalue weighted by molar-refractivity contribution is 8.00. The van der Waals surface area contributed by atoms with Crippen LogP contribution in [0.3, 0.4) is 0 Å². The molecule has 0 aromatic heterocycles. The van der Waals surface area contributed by atoms with Crippen molar-refractivity contribution in [1.29, 1.82) is 0 Å². The van der Waals surface area contributed by atoms with Crippen molar-refractivity contribution < 1.29 is 4.79 Å². The minimum atomic E-state index is -0.0532. The molecule has 0 bridgehead atoms. The van der Waals surface area contributed by atoms with Crippen molar-refractivity contribution >= 4 is 29.0 Å². The van der Waals surface area contributed by atoms with Crippen LogP contribution in [-0.2, 0) is 4.79 Å². The minimum absolute atomic E-state index is 0.0310. The zero-order valence-corrected chi connectivity index (χ0v) is 12.0. The Balaban J connectivity index is 2.37. The number of amides is 1. The summed E-state index contributed by atoms with van der Waals surface area (Å²) < 4.78 is 0. The second kappa shape index (κ2) is 7.28. The van der Waals surface area contributed by atoms with Crippen LogP contribution in [0.5, 0.6) is 0 Å². The molecular weight excluding hydrogens is 246 g/mol. The van der Waals surface area contributed by atoms with E-state index in [0.717, 1.165) is 18.0 Å². The highest BCUT2D eigenvalue weighted by atomic mass is 32.2. The summed E-state index contributed by atoms with van der Waals surface area (Å²) in [6.45, 7) is 2.90. The molecule has 1 atom stereocenters. The topological polar surface area (TPSA) is 58.4 Å². The van der Waals surface area contributed by atoms with Gasteiger partial charge in [-0.25, -0.2) is 0 Å². The molecule has 0 radical (unpaired) electrons. The van der Waals surface area contributed by atoms with E-state index < -0.39 is 0 Å². The summed E-state index contributed by atoms with van der Waals surface area (Å²) in [5.41, 5.74) is 7.07. The van der Waals surface area contributed by atoms with Gasteiger partial charge in [0.25, 0.3) is 0 Å². The van der Waals surface area contributed by atoms with Gasteiger partial charge >= 0.3 is 0 Å². The molecule has 1 aromatic carbocycles. The number of nitrogens with zero attached hydrogens (tertiary/aromatic N) is 1. The van der Waals surface area contributed by atoms with E-state index in [-0.39, 0.29) is 11.2 Å². The van der Waals surface area contributed by atoms with Gasteiger partial charge in [0, 0.05) is 23.7 Å². The number of anilines is 2. The first-order chi connectivity index (χ1) is 8.49. The molecule has 18 heavy (non-hydrogen) atoms. The Morgan fingerprint density at radius 2 is 2.00 bits per heavy atom. The van der Waals surface area contributed by atoms with Crippen LogP contribution in [-0.4, -0.2) is 42.4 Å². The highest BCUT2D eigenvalue weighted by Gasteiger charge is 2.13. The third-order valence-corrected chi connectivity index (χ3v) is 3.59. The lowest BCUT2D eigenvalue weighted by Crippen LogP contribution is -2.24. The molecule has 0 aliphatic carbocycles. The lowest BCUT2D eigenvalue weighted by Gasteiger charge is -2.14. The minimum Gasteiger partial charge on any atom is -0.399 e. The number of nitrogens with two attached hydrogens (primary N) is 1. The van der Waals surface area contributed by atoms with Crippen molar-refractivity contribution in [1.82, 2.24) is 4.90 Å². The molecule has 0 aliphatic rings. The van der Waals surface area contributed by atoms with Crippen molar-refractivity contribution in [2.24, 2.45) is 0 Å². The molecule has 4 nitrogen and oxygen atoms in total. The maximum atomic E-state index is 11.9. The van der Waals surface area contributed by atoms with Gasteiger partial charge in [0.2, 0.25) is 5.91 Å². The standard InChI is InChI=1S/C13H21N3OS/c1-10(18-9-8-16(2)3)13(17)15-12-6-4-11(14)5-7-12/h4-7,10H,8-9,14H2,1-3H3,(H,15,17). The van der Waals surface area contributed by atoms with E-state index >= 15 is 0 Å². The van der Waals surface area contributed by atoms with Gasteiger partial charge in [-0.15, -0.1) is 11.8 Å². The van der Waals surface area contributed by atoms with Crippen LogP contribution in [0.25, 0.3) is 0 Å². The van der Waals surface area contributed by atoms with Crippen LogP contribution < -0.4 is 11.1 Å². The molecule has 0 spiro atoms. The molecule has 5 heteroatoms. The lowest BCUT2D eigenvalue weighted by atomic mass is 10.3. The molecule has 1 rings (SSSR count). The fraction of sp³-hybridized carbons (Fsp3) is 0.462. The van der Waals surface area contributed by atoms with E-state index in [0.29, 0.717) is 5.69 Å². The molecule has 0 aliphatic heterocycles. The fourth-order valence-corrected chi connectivity index (χ4v) is 2.33. The first-order valence-corrected chi connectivity index (χ1v) is 6.96. The molecule has 0 fully saturated rings. The smallest absolute Gasteiger partial charge is 0.237 e. The van der Waals surface area contributed by atoms with Crippen molar-refractivity contribution in [2.75, 3.05) is 37.4 Å². The molecule has 0 saturated carbocycles. The number of nitrogens with one attached hydrogen (secondary N) is 1. The second-order valence-corrected chi connectivity index (χ2v) is 5.88. The fourth-order valence-electron chi connectivity index (χ4n) is 1.30. The number of rotatable bonds is 6. The van der Waals surface area contributed by atoms with Crippen molar-refractivity contribution in [2.45, 2.75) is 12.2 Å². The van der Waals surface area contributed by atoms with Gasteiger partial charge in [0.05, 0.1) is 5.25 Å². The molecular formula is C13H21N3OS. The predicted molar refractivity (Wildman–Crippen MR) is 80.0 cm³/mol. The SMILES string of the molecule is CC(SCCN(C)C)C(=O)Nc1ccc(N)cc1. The molecule has 0 saturated heterocycles. The first kappa shape index (κ1) is 14.9. The summed E-state index contributed by atoms with van der Waals surface area (Å²) in [7, 11) is 4.05. The highest BCUT2D eigenvalue weighted by Crippen LogP contribution is 2.15. The van der Waals surface area contributed by atoms with E-state index in [9.17, 15) is 4.79 Å². The summed E-state index contributed by atoms with van der Waals surface area (Å²) in [4.78, 5) is 14.0. The lowest BCUT2D eigenvalue weighted by molar-refractivity contribution is -0.115. The largest absolute Gasteiger partial charge is 0.399 e. The van der Waals surface area contributed by atoms with E-state index in [2.05, 4.69) is 10.2 Å². The molecule has 1 amide bonds. The number of carbonyl (C=O) groups excluding carboxylic acids is 1. The summed E-state index contributed by atoms with van der Waals surface area (Å²) >= 11 is 1.66. The number of benzene rings is 1. The van der Waals surface area contributed by atoms with E-state index in [1.54, 1.807) is 23.9 Å². The molecule has 1 aromatic rings. The first-order valence-electron chi connectivity index (χ1n) is 5.92. The summed E-state index contributed by atoms with van der Waals surface area (Å²) in [5, 5.41) is 2.82. The van der Waals surface area contributed by atoms with E-state index in [1.807, 2.05) is 33.2 Å². The van der Waals surface area contributed by atoms with E-state index in [1.165, 1.54) is 0 Å². The Morgan fingerprint density at radius 3 is 2.56 bits per heavy atom. The van der Waals surface area contributed by atoms with Crippen LogP contribution in [0.1, 0.15) is 6.92 Å². The van der Waals surface area contributed by atoms with Crippen LogP contribution in [0.15, 0.2) is 24.3 Å². The monoisotopic (exact) mass is 267 g/mol. The van der Waals surface area contributed by atoms with Crippen LogP contribution >= 0.6 is 11.8 Å². The van der Waals surface area contributed by atoms with E-state index in [4.69, 9.17) is 5.73 Å². The number of hydrogen-bond donors (Lipinski definition) is 2. The van der Waals surface area contributed by atoms with Gasteiger partial charge in [-0.05, 0) is 45.3 Å². The Kier molecular flexibility index (Phi) is 6.01. The predicted octanol–water partition coefficient (Wildman–Crippen LogP) is 1.89. The second-order valence-electron chi connectivity index (χ2n) is 4.43. The number of hydrogen-bond acceptors (Lipinski definition) is 4. The number of thioether (sulfide) groups is 1. The average molecular weight is 267 g/mol. The normalized spacial score (nSPS) is 12.4. The third kappa shape index (κ3) is 5.42. The van der Waals surface area contributed by atoms with Crippen LogP contribution in [0.2, 0.25) is 0 Å². The zero-order chi connectivity index (χ0) is 13.5. The van der Waals surface area contributed by atoms with Crippen molar-refractivity contribution in [3.8, 4) is 0 Å². The van der Waals surface area contributed by atoms with Crippen LogP contribution in [0.4, 0.5) is 11.4 Å². The Hall–Kier alpha value is -1.20. The van der Waals surface area contributed by atoms with Gasteiger partial charge in [-0.3, -0.25) is 4.79 Å². The quantitative estimate of drug-likeness (QED) is 0.773. The molecule has 0 heterocycles. The van der Waals surface area contributed by atoms with Gasteiger partial charge in [-0.2, -0.15) is 0 Å². The summed E-state index contributed by atoms with van der Waals surface area (Å²) in [6.07, 6.45) is 0. The summed E-state index contributed by atoms with van der Waals surface area (Å²) in [5.74, 6) is 0.979. The van der Waals surface area contributed by atoms with Crippen molar-refractivity contribution in [3.05, 3.63) is 24.3 Å². The Bertz CT molecular complexity index is 378. The van der Waals surface area contributed by atoms with Crippen LogP contribution in [0, 0.1) is 0 Å². The number of nitrogen functional groups attached to an aromatic ring is 1. The maximum absolute atomic E-state index is 11.9. The molecule has 1 unspecified atom stereocenters. The molecule has 3 N–H and O–H groups in total.